The maximum Gasteiger partial charge on any atom is 0.178 e. The largest absolute Gasteiger partial charge is 0.452 e. The second kappa shape index (κ2) is 6.97. The Bertz CT molecular complexity index is 2070. The predicted octanol–water partition coefficient (Wildman–Crippen LogP) is 10.2. The second-order valence-corrected chi connectivity index (χ2v) is 9.77. The van der Waals surface area contributed by atoms with Crippen LogP contribution in [-0.4, -0.2) is 0 Å². The molecule has 0 spiro atoms. The maximum absolute atomic E-state index is 6.70. The van der Waals surface area contributed by atoms with Gasteiger partial charge in [0.05, 0.1) is 0 Å². The zero-order chi connectivity index (χ0) is 23.1. The lowest BCUT2D eigenvalue weighted by Crippen LogP contribution is -1.88. The normalized spacial score (nSPS) is 12.1. The van der Waals surface area contributed by atoms with Crippen LogP contribution in [-0.2, 0) is 0 Å². The van der Waals surface area contributed by atoms with Crippen molar-refractivity contribution in [3.63, 3.8) is 0 Å². The van der Waals surface area contributed by atoms with Crippen LogP contribution >= 0.6 is 15.9 Å². The minimum atomic E-state index is 0.798. The number of benzene rings is 6. The molecular weight excluding hydrogens is 496 g/mol. The smallest absolute Gasteiger partial charge is 0.178 e. The summed E-state index contributed by atoms with van der Waals surface area (Å²) in [5.74, 6) is 0. The van der Waals surface area contributed by atoms with Gasteiger partial charge in [0, 0.05) is 37.1 Å². The predicted molar refractivity (Wildman–Crippen MR) is 149 cm³/mol. The molecular formula is C32H17BrO2. The van der Waals surface area contributed by atoms with E-state index in [0.717, 1.165) is 53.9 Å². The molecule has 6 aromatic carbocycles. The van der Waals surface area contributed by atoms with Crippen molar-refractivity contribution in [2.24, 2.45) is 0 Å². The summed E-state index contributed by atoms with van der Waals surface area (Å²) in [7, 11) is 0. The van der Waals surface area contributed by atoms with Gasteiger partial charge in [-0.2, -0.15) is 0 Å². The van der Waals surface area contributed by atoms with Crippen LogP contribution in [0, 0.1) is 0 Å². The molecule has 35 heavy (non-hydrogen) atoms. The van der Waals surface area contributed by atoms with Crippen LogP contribution < -0.4 is 0 Å². The molecule has 0 unspecified atom stereocenters. The van der Waals surface area contributed by atoms with Crippen LogP contribution in [0.2, 0.25) is 0 Å². The summed E-state index contributed by atoms with van der Waals surface area (Å²) in [5, 5.41) is 9.11. The Morgan fingerprint density at radius 2 is 0.914 bits per heavy atom. The molecule has 0 aliphatic heterocycles. The fourth-order valence-corrected chi connectivity index (χ4v) is 6.29. The quantitative estimate of drug-likeness (QED) is 0.204. The molecule has 164 valence electrons. The Hall–Kier alpha value is -4.08. The molecule has 2 nitrogen and oxygen atoms in total. The van der Waals surface area contributed by atoms with E-state index in [2.05, 4.69) is 101 Å². The highest BCUT2D eigenvalue weighted by Crippen LogP contribution is 2.46. The third-order valence-corrected chi connectivity index (χ3v) is 8.00. The SMILES string of the molecule is Brc1c2ccccc2c(-c2cccc3c2oc2c3ccc3c4ccccc4oc32)c2ccccc12. The lowest BCUT2D eigenvalue weighted by molar-refractivity contribution is 0.634. The monoisotopic (exact) mass is 512 g/mol. The van der Waals surface area contributed by atoms with E-state index < -0.39 is 0 Å². The minimum Gasteiger partial charge on any atom is -0.452 e. The van der Waals surface area contributed by atoms with Crippen molar-refractivity contribution in [3.8, 4) is 11.1 Å². The molecule has 8 rings (SSSR count). The van der Waals surface area contributed by atoms with Gasteiger partial charge in [0.1, 0.15) is 11.2 Å². The second-order valence-electron chi connectivity index (χ2n) is 8.98. The fourth-order valence-electron chi connectivity index (χ4n) is 5.60. The zero-order valence-electron chi connectivity index (χ0n) is 18.5. The van der Waals surface area contributed by atoms with E-state index in [4.69, 9.17) is 8.83 Å². The van der Waals surface area contributed by atoms with Crippen LogP contribution in [0.3, 0.4) is 0 Å². The van der Waals surface area contributed by atoms with Crippen molar-refractivity contribution < 1.29 is 8.83 Å². The third-order valence-electron chi connectivity index (χ3n) is 7.15. The van der Waals surface area contributed by atoms with Crippen LogP contribution in [0.1, 0.15) is 0 Å². The highest BCUT2D eigenvalue weighted by atomic mass is 79.9. The van der Waals surface area contributed by atoms with Crippen molar-refractivity contribution in [2.45, 2.75) is 0 Å². The molecule has 0 saturated carbocycles. The molecule has 8 aromatic rings. The van der Waals surface area contributed by atoms with Crippen molar-refractivity contribution in [1.82, 2.24) is 0 Å². The summed E-state index contributed by atoms with van der Waals surface area (Å²) < 4.78 is 14.1. The number of para-hydroxylation sites is 2. The highest BCUT2D eigenvalue weighted by Gasteiger charge is 2.20. The van der Waals surface area contributed by atoms with Gasteiger partial charge in [-0.25, -0.2) is 0 Å². The first-order chi connectivity index (χ1) is 17.3. The molecule has 0 amide bonds. The first-order valence-electron chi connectivity index (χ1n) is 11.6. The molecule has 0 bridgehead atoms. The van der Waals surface area contributed by atoms with Crippen molar-refractivity contribution in [3.05, 3.63) is 108 Å². The molecule has 0 aliphatic rings. The average molecular weight is 513 g/mol. The van der Waals surface area contributed by atoms with E-state index in [-0.39, 0.29) is 0 Å². The molecule has 2 aromatic heterocycles. The van der Waals surface area contributed by atoms with Gasteiger partial charge in [-0.1, -0.05) is 84.9 Å². The summed E-state index contributed by atoms with van der Waals surface area (Å²) in [4.78, 5) is 0. The van der Waals surface area contributed by atoms with Crippen molar-refractivity contribution >= 4 is 81.4 Å². The van der Waals surface area contributed by atoms with Crippen molar-refractivity contribution in [1.29, 1.82) is 0 Å². The molecule has 0 radical (unpaired) electrons. The van der Waals surface area contributed by atoms with E-state index in [1.807, 2.05) is 18.2 Å². The number of fused-ring (bicyclic) bond motifs is 9. The van der Waals surface area contributed by atoms with Crippen LogP contribution in [0.15, 0.2) is 116 Å². The summed E-state index contributed by atoms with van der Waals surface area (Å²) in [6.45, 7) is 0. The maximum atomic E-state index is 6.70. The lowest BCUT2D eigenvalue weighted by atomic mass is 9.91. The topological polar surface area (TPSA) is 26.3 Å². The number of hydrogen-bond acceptors (Lipinski definition) is 2. The molecule has 0 N–H and O–H groups in total. The van der Waals surface area contributed by atoms with E-state index in [1.54, 1.807) is 0 Å². The summed E-state index contributed by atoms with van der Waals surface area (Å²) in [5.41, 5.74) is 5.63. The molecule has 0 fully saturated rings. The van der Waals surface area contributed by atoms with Crippen LogP contribution in [0.25, 0.3) is 76.5 Å². The first kappa shape index (κ1) is 19.2. The zero-order valence-corrected chi connectivity index (χ0v) is 20.1. The summed E-state index contributed by atoms with van der Waals surface area (Å²) >= 11 is 3.88. The van der Waals surface area contributed by atoms with Crippen LogP contribution in [0.5, 0.6) is 0 Å². The molecule has 0 saturated heterocycles. The third kappa shape index (κ3) is 2.53. The Balaban J connectivity index is 1.56. The van der Waals surface area contributed by atoms with E-state index >= 15 is 0 Å². The molecule has 0 aliphatic carbocycles. The highest BCUT2D eigenvalue weighted by molar-refractivity contribution is 9.10. The van der Waals surface area contributed by atoms with Gasteiger partial charge < -0.3 is 8.83 Å². The van der Waals surface area contributed by atoms with Crippen molar-refractivity contribution in [2.75, 3.05) is 0 Å². The Kier molecular flexibility index (Phi) is 3.83. The van der Waals surface area contributed by atoms with E-state index in [1.165, 1.54) is 27.1 Å². The van der Waals surface area contributed by atoms with Gasteiger partial charge in [-0.3, -0.25) is 0 Å². The Morgan fingerprint density at radius 1 is 0.400 bits per heavy atom. The van der Waals surface area contributed by atoms with Gasteiger partial charge in [0.25, 0.3) is 0 Å². The number of halogens is 1. The fraction of sp³-hybridized carbons (Fsp3) is 0. The van der Waals surface area contributed by atoms with Gasteiger partial charge in [-0.05, 0) is 55.7 Å². The molecule has 3 heteroatoms. The average Bonchev–Trinajstić information content (AvgIpc) is 3.48. The summed E-state index contributed by atoms with van der Waals surface area (Å²) in [6.07, 6.45) is 0. The van der Waals surface area contributed by atoms with E-state index in [9.17, 15) is 0 Å². The Morgan fingerprint density at radius 3 is 1.63 bits per heavy atom. The molecule has 0 atom stereocenters. The number of hydrogen-bond donors (Lipinski definition) is 0. The molecule has 2 heterocycles. The summed E-state index contributed by atoms with van der Waals surface area (Å²) in [6, 6.07) is 36.0. The first-order valence-corrected chi connectivity index (χ1v) is 12.4. The van der Waals surface area contributed by atoms with Gasteiger partial charge in [-0.15, -0.1) is 0 Å². The number of furan rings is 2. The lowest BCUT2D eigenvalue weighted by Gasteiger charge is -2.14. The van der Waals surface area contributed by atoms with Gasteiger partial charge >= 0.3 is 0 Å². The minimum absolute atomic E-state index is 0.798. The van der Waals surface area contributed by atoms with Gasteiger partial charge in [0.15, 0.2) is 11.2 Å². The standard InChI is InChI=1S/C32H17BrO2/c33-29-21-11-3-1-9-19(21)28(20-10-2-4-12-22(20)29)26-14-7-13-23-25-17-16-24-18-8-5-6-15-27(18)34-31(24)32(25)35-30(23)26/h1-17H. The van der Waals surface area contributed by atoms with Crippen LogP contribution in [0.4, 0.5) is 0 Å². The van der Waals surface area contributed by atoms with Gasteiger partial charge in [0.2, 0.25) is 0 Å². The Labute approximate surface area is 208 Å². The number of rotatable bonds is 1. The van der Waals surface area contributed by atoms with E-state index in [0.29, 0.717) is 0 Å².